The number of nitrogens with zero attached hydrogens (tertiary/aromatic N) is 2. The number of amides is 2. The number of hydrogen-bond acceptors (Lipinski definition) is 4. The average Bonchev–Trinajstić information content (AvgIpc) is 3.01. The van der Waals surface area contributed by atoms with Gasteiger partial charge in [0.25, 0.3) is 5.91 Å². The summed E-state index contributed by atoms with van der Waals surface area (Å²) < 4.78 is 5.31. The highest BCUT2D eigenvalue weighted by atomic mass is 35.5. The molecule has 2 heterocycles. The fraction of sp³-hybridized carbons (Fsp3) is 0.417. The van der Waals surface area contributed by atoms with E-state index in [4.69, 9.17) is 16.3 Å². The molecule has 1 fully saturated rings. The molecule has 31 heavy (non-hydrogen) atoms. The molecule has 1 spiro atoms. The van der Waals surface area contributed by atoms with E-state index in [0.717, 1.165) is 17.5 Å². The molecule has 164 valence electrons. The molecule has 2 atom stereocenters. The summed E-state index contributed by atoms with van der Waals surface area (Å²) in [6.07, 6.45) is 1.43. The molecule has 2 aliphatic rings. The van der Waals surface area contributed by atoms with Crippen LogP contribution in [-0.4, -0.2) is 61.4 Å². The summed E-state index contributed by atoms with van der Waals surface area (Å²) in [6, 6.07) is 13.4. The quantitative estimate of drug-likeness (QED) is 0.792. The minimum atomic E-state index is -0.622. The van der Waals surface area contributed by atoms with Crippen LogP contribution in [0.1, 0.15) is 27.9 Å². The van der Waals surface area contributed by atoms with Crippen LogP contribution in [0.25, 0.3) is 0 Å². The molecule has 0 aliphatic carbocycles. The third kappa shape index (κ3) is 4.27. The van der Waals surface area contributed by atoms with Gasteiger partial charge in [0.1, 0.15) is 5.75 Å². The second-order valence-corrected chi connectivity index (χ2v) is 9.15. The number of likely N-dealkylation sites (tertiary alicyclic amines) is 1. The first kappa shape index (κ1) is 21.7. The summed E-state index contributed by atoms with van der Waals surface area (Å²) in [4.78, 5) is 30.3. The van der Waals surface area contributed by atoms with Crippen molar-refractivity contribution >= 4 is 23.4 Å². The van der Waals surface area contributed by atoms with Gasteiger partial charge in [0.2, 0.25) is 5.91 Å². The lowest BCUT2D eigenvalue weighted by Gasteiger charge is -2.35. The molecule has 0 bridgehead atoms. The van der Waals surface area contributed by atoms with Crippen molar-refractivity contribution in [3.8, 4) is 5.75 Å². The van der Waals surface area contributed by atoms with Crippen molar-refractivity contribution in [2.75, 3.05) is 34.3 Å². The zero-order chi connectivity index (χ0) is 22.2. The van der Waals surface area contributed by atoms with E-state index >= 15 is 0 Å². The zero-order valence-electron chi connectivity index (χ0n) is 18.2. The van der Waals surface area contributed by atoms with Gasteiger partial charge in [0, 0.05) is 44.3 Å². The van der Waals surface area contributed by atoms with Gasteiger partial charge in [0.05, 0.1) is 18.6 Å². The minimum Gasteiger partial charge on any atom is -0.497 e. The van der Waals surface area contributed by atoms with Crippen molar-refractivity contribution in [1.29, 1.82) is 0 Å². The fourth-order valence-electron chi connectivity index (χ4n) is 4.85. The van der Waals surface area contributed by atoms with E-state index in [1.54, 1.807) is 32.2 Å². The molecule has 7 heteroatoms. The number of fused-ring (bicyclic) bond motifs is 1. The topological polar surface area (TPSA) is 61.9 Å². The van der Waals surface area contributed by atoms with Crippen LogP contribution in [0.2, 0.25) is 5.02 Å². The van der Waals surface area contributed by atoms with Gasteiger partial charge in [-0.3, -0.25) is 14.5 Å². The van der Waals surface area contributed by atoms with Crippen LogP contribution in [-0.2, 0) is 17.8 Å². The molecule has 0 radical (unpaired) electrons. The number of benzene rings is 2. The Bertz CT molecular complexity index is 1010. The summed E-state index contributed by atoms with van der Waals surface area (Å²) in [7, 11) is 5.13. The number of carbonyl (C=O) groups excluding carboxylic acids is 2. The molecular weight excluding hydrogens is 414 g/mol. The number of aryl methyl sites for hydroxylation is 1. The number of rotatable bonds is 4. The lowest BCUT2D eigenvalue weighted by Crippen LogP contribution is -2.57. The van der Waals surface area contributed by atoms with Crippen molar-refractivity contribution < 1.29 is 14.3 Å². The van der Waals surface area contributed by atoms with E-state index in [2.05, 4.69) is 10.2 Å². The molecule has 0 unspecified atom stereocenters. The van der Waals surface area contributed by atoms with Gasteiger partial charge in [-0.1, -0.05) is 29.8 Å². The summed E-state index contributed by atoms with van der Waals surface area (Å²) in [5.74, 6) is 0.228. The Morgan fingerprint density at radius 3 is 2.81 bits per heavy atom. The molecule has 2 amide bonds. The summed E-state index contributed by atoms with van der Waals surface area (Å²) in [6.45, 7) is 1.88. The Hall–Kier alpha value is -2.57. The highest BCUT2D eigenvalue weighted by molar-refractivity contribution is 6.30. The lowest BCUT2D eigenvalue weighted by atomic mass is 9.81. The first-order chi connectivity index (χ1) is 14.8. The number of carbonyl (C=O) groups is 2. The largest absolute Gasteiger partial charge is 0.497 e. The maximum atomic E-state index is 13.3. The minimum absolute atomic E-state index is 0.0393. The number of hydrogen-bond donors (Lipinski definition) is 1. The normalized spacial score (nSPS) is 23.2. The van der Waals surface area contributed by atoms with Crippen molar-refractivity contribution in [3.63, 3.8) is 0 Å². The number of ether oxygens (including phenoxy) is 1. The first-order valence-corrected chi connectivity index (χ1v) is 10.9. The highest BCUT2D eigenvalue weighted by Gasteiger charge is 2.52. The van der Waals surface area contributed by atoms with Gasteiger partial charge in [-0.15, -0.1) is 0 Å². The van der Waals surface area contributed by atoms with Crippen LogP contribution < -0.4 is 10.1 Å². The smallest absolute Gasteiger partial charge is 0.252 e. The van der Waals surface area contributed by atoms with Gasteiger partial charge in [-0.05, 0) is 48.2 Å². The fourth-order valence-corrected chi connectivity index (χ4v) is 5.07. The Kier molecular flexibility index (Phi) is 5.95. The van der Waals surface area contributed by atoms with Crippen LogP contribution in [0.4, 0.5) is 0 Å². The molecule has 1 N–H and O–H groups in total. The number of halogens is 1. The predicted octanol–water partition coefficient (Wildman–Crippen LogP) is 2.98. The Morgan fingerprint density at radius 2 is 2.10 bits per heavy atom. The second kappa shape index (κ2) is 8.52. The molecule has 0 aromatic heterocycles. The molecule has 2 aromatic rings. The van der Waals surface area contributed by atoms with E-state index in [9.17, 15) is 9.59 Å². The molecule has 6 nitrogen and oxygen atoms in total. The van der Waals surface area contributed by atoms with Gasteiger partial charge in [0.15, 0.2) is 0 Å². The predicted molar refractivity (Wildman–Crippen MR) is 120 cm³/mol. The van der Waals surface area contributed by atoms with Crippen molar-refractivity contribution in [2.24, 2.45) is 5.92 Å². The third-order valence-electron chi connectivity index (χ3n) is 6.41. The highest BCUT2D eigenvalue weighted by Crippen LogP contribution is 2.37. The van der Waals surface area contributed by atoms with Crippen LogP contribution >= 0.6 is 11.6 Å². The van der Waals surface area contributed by atoms with Crippen LogP contribution in [0.5, 0.6) is 5.75 Å². The second-order valence-electron chi connectivity index (χ2n) is 8.72. The molecule has 2 aliphatic heterocycles. The molecule has 1 saturated heterocycles. The maximum Gasteiger partial charge on any atom is 0.252 e. The van der Waals surface area contributed by atoms with E-state index in [1.807, 2.05) is 36.4 Å². The van der Waals surface area contributed by atoms with E-state index < -0.39 is 5.54 Å². The van der Waals surface area contributed by atoms with Gasteiger partial charge >= 0.3 is 0 Å². The summed E-state index contributed by atoms with van der Waals surface area (Å²) in [5, 5.41) is 3.96. The summed E-state index contributed by atoms with van der Waals surface area (Å²) in [5.41, 5.74) is 2.08. The SMILES string of the molecule is COc1ccc2c(c1)C(=O)N[C@@]1(CC2)CN(Cc2cccc(Cl)c2)C[C@@H]1C(=O)N(C)C. The van der Waals surface area contributed by atoms with Gasteiger partial charge in [-0.25, -0.2) is 0 Å². The standard InChI is InChI=1S/C24H28ClN3O3/c1-27(2)23(30)21-14-28(13-16-5-4-6-18(25)11-16)15-24(21)10-9-17-7-8-19(31-3)12-20(17)22(29)26-24/h4-8,11-12,21H,9-10,13-15H2,1-3H3,(H,26,29)/t21-,24+/m1/s1. The Balaban J connectivity index is 1.64. The molecule has 0 saturated carbocycles. The summed E-state index contributed by atoms with van der Waals surface area (Å²) >= 11 is 6.16. The average molecular weight is 442 g/mol. The molecule has 2 aromatic carbocycles. The number of methoxy groups -OCH3 is 1. The number of nitrogens with one attached hydrogen (secondary N) is 1. The van der Waals surface area contributed by atoms with E-state index in [-0.39, 0.29) is 17.7 Å². The van der Waals surface area contributed by atoms with E-state index in [1.165, 1.54) is 0 Å². The molecular formula is C24H28ClN3O3. The van der Waals surface area contributed by atoms with Crippen LogP contribution in [0.15, 0.2) is 42.5 Å². The van der Waals surface area contributed by atoms with Crippen molar-refractivity contribution in [1.82, 2.24) is 15.1 Å². The van der Waals surface area contributed by atoms with Crippen molar-refractivity contribution in [2.45, 2.75) is 24.9 Å². The van der Waals surface area contributed by atoms with Crippen molar-refractivity contribution in [3.05, 3.63) is 64.2 Å². The van der Waals surface area contributed by atoms with Gasteiger partial charge < -0.3 is 15.0 Å². The van der Waals surface area contributed by atoms with E-state index in [0.29, 0.717) is 42.4 Å². The zero-order valence-corrected chi connectivity index (χ0v) is 18.9. The lowest BCUT2D eigenvalue weighted by molar-refractivity contribution is -0.134. The van der Waals surface area contributed by atoms with Crippen LogP contribution in [0.3, 0.4) is 0 Å². The Morgan fingerprint density at radius 1 is 1.29 bits per heavy atom. The monoisotopic (exact) mass is 441 g/mol. The Labute approximate surface area is 188 Å². The molecule has 4 rings (SSSR count). The third-order valence-corrected chi connectivity index (χ3v) is 6.65. The van der Waals surface area contributed by atoms with Crippen LogP contribution in [0, 0.1) is 5.92 Å². The maximum absolute atomic E-state index is 13.3. The first-order valence-electron chi connectivity index (χ1n) is 10.5. The van der Waals surface area contributed by atoms with Gasteiger partial charge in [-0.2, -0.15) is 0 Å².